The Morgan fingerprint density at radius 3 is 1.82 bits per heavy atom. The average Bonchev–Trinajstić information content (AvgIpc) is 2.73. The first-order valence-electron chi connectivity index (χ1n) is 13.5. The van der Waals surface area contributed by atoms with Crippen LogP contribution in [0.25, 0.3) is 0 Å². The molecule has 0 bridgehead atoms. The Morgan fingerprint density at radius 2 is 1.27 bits per heavy atom. The maximum absolute atomic E-state index is 13.1. The Balaban J connectivity index is 1.81. The minimum Gasteiger partial charge on any atom is -0.378 e. The first kappa shape index (κ1) is 28.2. The van der Waals surface area contributed by atoms with E-state index in [1.165, 1.54) is 38.5 Å². The van der Waals surface area contributed by atoms with Gasteiger partial charge in [-0.05, 0) is 64.7 Å². The molecule has 0 aromatic carbocycles. The number of ether oxygens (including phenoxy) is 1. The molecule has 4 nitrogen and oxygen atoms in total. The lowest BCUT2D eigenvalue weighted by Crippen LogP contribution is -2.71. The summed E-state index contributed by atoms with van der Waals surface area (Å²) in [6.07, 6.45) is 11.8. The van der Waals surface area contributed by atoms with E-state index in [0.29, 0.717) is 23.5 Å². The van der Waals surface area contributed by atoms with Crippen molar-refractivity contribution in [2.75, 3.05) is 0 Å². The molecule has 1 fully saturated rings. The van der Waals surface area contributed by atoms with Crippen LogP contribution in [0.5, 0.6) is 0 Å². The lowest BCUT2D eigenvalue weighted by atomic mass is 9.63. The third kappa shape index (κ3) is 6.36. The molecule has 4 heteroatoms. The van der Waals surface area contributed by atoms with Gasteiger partial charge >= 0.3 is 0 Å². The van der Waals surface area contributed by atoms with E-state index >= 15 is 0 Å². The van der Waals surface area contributed by atoms with E-state index in [0.717, 1.165) is 31.1 Å². The molecular weight excluding hydrogens is 412 g/mol. The Hall–Kier alpha value is -1.00. The summed E-state index contributed by atoms with van der Waals surface area (Å²) in [4.78, 5) is 25.9. The largest absolute Gasteiger partial charge is 0.378 e. The molecule has 1 heterocycles. The number of rotatable bonds is 12. The van der Waals surface area contributed by atoms with Crippen molar-refractivity contribution in [2.24, 2.45) is 17.8 Å². The summed E-state index contributed by atoms with van der Waals surface area (Å²) < 4.78 is 6.36. The van der Waals surface area contributed by atoms with Gasteiger partial charge in [-0.1, -0.05) is 79.1 Å². The second-order valence-corrected chi connectivity index (χ2v) is 12.2. The molecule has 33 heavy (non-hydrogen) atoms. The molecule has 2 rings (SSSR count). The topological polar surface area (TPSA) is 63.6 Å². The number of carbonyl (C=O) groups is 2. The van der Waals surface area contributed by atoms with Crippen LogP contribution >= 0.6 is 0 Å². The molecule has 1 N–H and O–H groups in total. The lowest BCUT2D eigenvalue weighted by molar-refractivity contribution is -0.250. The van der Waals surface area contributed by atoms with Crippen molar-refractivity contribution in [3.63, 3.8) is 0 Å². The summed E-state index contributed by atoms with van der Waals surface area (Å²) in [6.45, 7) is 16.3. The van der Waals surface area contributed by atoms with Crippen molar-refractivity contribution in [3.05, 3.63) is 11.1 Å². The van der Waals surface area contributed by atoms with Crippen LogP contribution in [-0.2, 0) is 14.3 Å². The molecule has 1 aliphatic heterocycles. The Labute approximate surface area is 202 Å². The molecule has 0 radical (unpaired) electrons. The van der Waals surface area contributed by atoms with Crippen LogP contribution in [0, 0.1) is 17.8 Å². The van der Waals surface area contributed by atoms with Crippen LogP contribution < -0.4 is 0 Å². The van der Waals surface area contributed by atoms with Crippen LogP contribution in [0.15, 0.2) is 11.1 Å². The van der Waals surface area contributed by atoms with Gasteiger partial charge in [-0.2, -0.15) is 0 Å². The van der Waals surface area contributed by atoms with E-state index in [1.807, 2.05) is 6.92 Å². The molecule has 1 saturated heterocycles. The third-order valence-electron chi connectivity index (χ3n) is 8.58. The van der Waals surface area contributed by atoms with Crippen LogP contribution in [0.2, 0.25) is 0 Å². The van der Waals surface area contributed by atoms with Gasteiger partial charge in [0, 0.05) is 11.1 Å². The zero-order chi connectivity index (χ0) is 25.0. The van der Waals surface area contributed by atoms with Crippen molar-refractivity contribution in [1.29, 1.82) is 0 Å². The van der Waals surface area contributed by atoms with Gasteiger partial charge in [0.25, 0.3) is 0 Å². The number of Topliss-reactive ketones (excluding diaryl/α,β-unsaturated/α-hetero) is 2. The molecule has 0 spiro atoms. The summed E-state index contributed by atoms with van der Waals surface area (Å²) in [5.74, 6) is 1.71. The predicted molar refractivity (Wildman–Crippen MR) is 135 cm³/mol. The van der Waals surface area contributed by atoms with Gasteiger partial charge in [-0.3, -0.25) is 9.59 Å². The van der Waals surface area contributed by atoms with Crippen LogP contribution in [-0.4, -0.2) is 33.5 Å². The van der Waals surface area contributed by atoms with Crippen molar-refractivity contribution < 1.29 is 19.4 Å². The zero-order valence-corrected chi connectivity index (χ0v) is 22.7. The summed E-state index contributed by atoms with van der Waals surface area (Å²) >= 11 is 0. The van der Waals surface area contributed by atoms with Crippen LogP contribution in [0.1, 0.15) is 126 Å². The van der Waals surface area contributed by atoms with E-state index in [-0.39, 0.29) is 18.0 Å². The fourth-order valence-electron chi connectivity index (χ4n) is 5.86. The van der Waals surface area contributed by atoms with Crippen molar-refractivity contribution in [3.8, 4) is 0 Å². The standard InChI is InChI=1S/C29H50O4/c1-20(2)12-9-13-21(3)14-10-15-22(4)16-11-17-27(7)18-19-29(32)26(31)24(6)23(5)25(30)28(29,8)33-27/h20-22,32H,9-19H2,1-8H3. The monoisotopic (exact) mass is 462 g/mol. The first-order chi connectivity index (χ1) is 15.3. The molecule has 190 valence electrons. The van der Waals surface area contributed by atoms with Gasteiger partial charge in [0.2, 0.25) is 0 Å². The maximum atomic E-state index is 13.1. The smallest absolute Gasteiger partial charge is 0.193 e. The second kappa shape index (κ2) is 11.2. The fourth-order valence-corrected chi connectivity index (χ4v) is 5.86. The minimum atomic E-state index is -1.74. The minimum absolute atomic E-state index is 0.246. The highest BCUT2D eigenvalue weighted by Gasteiger charge is 2.65. The van der Waals surface area contributed by atoms with E-state index < -0.39 is 16.8 Å². The van der Waals surface area contributed by atoms with E-state index in [9.17, 15) is 14.7 Å². The quantitative estimate of drug-likeness (QED) is 0.340. The summed E-state index contributed by atoms with van der Waals surface area (Å²) in [5.41, 5.74) is -2.93. The van der Waals surface area contributed by atoms with Gasteiger partial charge in [0.15, 0.2) is 22.8 Å². The SMILES string of the molecule is CC1=C(C)C(=O)C2(C)OC(C)(CCCC(C)CCCC(C)CCCC(C)C)CCC2(O)C1=O. The molecule has 0 aromatic rings. The summed E-state index contributed by atoms with van der Waals surface area (Å²) in [6, 6.07) is 0. The first-order valence-corrected chi connectivity index (χ1v) is 13.5. The third-order valence-corrected chi connectivity index (χ3v) is 8.58. The summed E-state index contributed by atoms with van der Waals surface area (Å²) in [5, 5.41) is 11.2. The molecular formula is C29H50O4. The van der Waals surface area contributed by atoms with Crippen molar-refractivity contribution in [2.45, 2.75) is 143 Å². The molecule has 5 unspecified atom stereocenters. The maximum Gasteiger partial charge on any atom is 0.193 e. The molecule has 0 saturated carbocycles. The van der Waals surface area contributed by atoms with Gasteiger partial charge in [0.05, 0.1) is 5.60 Å². The van der Waals surface area contributed by atoms with Gasteiger partial charge in [-0.15, -0.1) is 0 Å². The zero-order valence-electron chi connectivity index (χ0n) is 22.7. The molecule has 0 amide bonds. The van der Waals surface area contributed by atoms with Gasteiger partial charge in [0.1, 0.15) is 0 Å². The average molecular weight is 463 g/mol. The Bertz CT molecular complexity index is 738. The Kier molecular flexibility index (Phi) is 9.55. The van der Waals surface area contributed by atoms with Gasteiger partial charge in [-0.25, -0.2) is 0 Å². The van der Waals surface area contributed by atoms with Gasteiger partial charge < -0.3 is 9.84 Å². The number of ketones is 2. The predicted octanol–water partition coefficient (Wildman–Crippen LogP) is 6.97. The highest BCUT2D eigenvalue weighted by atomic mass is 16.5. The molecule has 2 aliphatic rings. The number of carbonyl (C=O) groups excluding carboxylic acids is 2. The highest BCUT2D eigenvalue weighted by molar-refractivity contribution is 6.19. The normalized spacial score (nSPS) is 32.3. The lowest BCUT2D eigenvalue weighted by Gasteiger charge is -2.54. The number of aliphatic hydroxyl groups is 1. The second-order valence-electron chi connectivity index (χ2n) is 12.2. The Morgan fingerprint density at radius 1 is 0.788 bits per heavy atom. The summed E-state index contributed by atoms with van der Waals surface area (Å²) in [7, 11) is 0. The fraction of sp³-hybridized carbons (Fsp3) is 0.862. The van der Waals surface area contributed by atoms with E-state index in [2.05, 4.69) is 27.7 Å². The number of fused-ring (bicyclic) bond motifs is 1. The highest BCUT2D eigenvalue weighted by Crippen LogP contribution is 2.49. The van der Waals surface area contributed by atoms with E-state index in [1.54, 1.807) is 20.8 Å². The number of hydrogen-bond acceptors (Lipinski definition) is 4. The van der Waals surface area contributed by atoms with Crippen molar-refractivity contribution >= 4 is 11.6 Å². The molecule has 0 aromatic heterocycles. The number of hydrogen-bond donors (Lipinski definition) is 1. The molecule has 5 atom stereocenters. The van der Waals surface area contributed by atoms with E-state index in [4.69, 9.17) is 4.74 Å². The molecule has 1 aliphatic carbocycles. The van der Waals surface area contributed by atoms with Crippen molar-refractivity contribution in [1.82, 2.24) is 0 Å². The van der Waals surface area contributed by atoms with Crippen LogP contribution in [0.3, 0.4) is 0 Å². The van der Waals surface area contributed by atoms with Crippen LogP contribution in [0.4, 0.5) is 0 Å².